The van der Waals surface area contributed by atoms with Crippen molar-refractivity contribution in [3.05, 3.63) is 23.9 Å². The van der Waals surface area contributed by atoms with Gasteiger partial charge in [0.15, 0.2) is 9.84 Å². The largest absolute Gasteiger partial charge is 0.378 e. The standard InChI is InChI=1S/C16H25N3O4S/c1-11(2)4-5-12-6-7-15(17-8-12)19-16(20)18-13-9-24(21,22)10-14(13)23-3/h6-8,11,13-14H,4-5,9-10H2,1-3H3,(H2,17,18,19,20). The van der Waals surface area contributed by atoms with Crippen LogP contribution < -0.4 is 10.6 Å². The molecule has 1 aliphatic heterocycles. The van der Waals surface area contributed by atoms with Crippen LogP contribution in [0.1, 0.15) is 25.8 Å². The van der Waals surface area contributed by atoms with Crippen LogP contribution >= 0.6 is 0 Å². The van der Waals surface area contributed by atoms with E-state index in [-0.39, 0.29) is 11.5 Å². The summed E-state index contributed by atoms with van der Waals surface area (Å²) >= 11 is 0. The Bertz CT molecular complexity index is 658. The number of carbonyl (C=O) groups is 1. The number of amides is 2. The molecule has 0 spiro atoms. The maximum absolute atomic E-state index is 12.0. The molecule has 2 unspecified atom stereocenters. The quantitative estimate of drug-likeness (QED) is 0.808. The van der Waals surface area contributed by atoms with E-state index in [4.69, 9.17) is 4.74 Å². The van der Waals surface area contributed by atoms with Gasteiger partial charge in [-0.25, -0.2) is 18.2 Å². The van der Waals surface area contributed by atoms with E-state index in [1.807, 2.05) is 6.07 Å². The zero-order valence-corrected chi connectivity index (χ0v) is 15.1. The molecule has 134 valence electrons. The van der Waals surface area contributed by atoms with Crippen LogP contribution in [0.25, 0.3) is 0 Å². The van der Waals surface area contributed by atoms with Gasteiger partial charge in [-0.15, -0.1) is 0 Å². The molecule has 0 aliphatic carbocycles. The SMILES string of the molecule is COC1CS(=O)(=O)CC1NC(=O)Nc1ccc(CCC(C)C)cn1. The number of pyridine rings is 1. The van der Waals surface area contributed by atoms with Crippen LogP contribution in [-0.2, 0) is 21.0 Å². The Hall–Kier alpha value is -1.67. The second-order valence-electron chi connectivity index (χ2n) is 6.54. The Labute approximate surface area is 143 Å². The van der Waals surface area contributed by atoms with Crippen molar-refractivity contribution >= 4 is 21.7 Å². The fourth-order valence-electron chi connectivity index (χ4n) is 2.60. The summed E-state index contributed by atoms with van der Waals surface area (Å²) in [6.07, 6.45) is 3.26. The van der Waals surface area contributed by atoms with Crippen LogP contribution in [0.3, 0.4) is 0 Å². The summed E-state index contributed by atoms with van der Waals surface area (Å²) < 4.78 is 28.4. The molecule has 7 nitrogen and oxygen atoms in total. The van der Waals surface area contributed by atoms with Gasteiger partial charge in [0, 0.05) is 13.3 Å². The second-order valence-corrected chi connectivity index (χ2v) is 8.69. The highest BCUT2D eigenvalue weighted by molar-refractivity contribution is 7.91. The van der Waals surface area contributed by atoms with Crippen LogP contribution in [0.15, 0.2) is 18.3 Å². The first kappa shape index (κ1) is 18.7. The Kier molecular flexibility index (Phi) is 6.17. The number of urea groups is 1. The van der Waals surface area contributed by atoms with Crippen molar-refractivity contribution in [1.82, 2.24) is 10.3 Å². The highest BCUT2D eigenvalue weighted by Crippen LogP contribution is 2.16. The molecule has 8 heteroatoms. The van der Waals surface area contributed by atoms with Crippen LogP contribution in [0, 0.1) is 5.92 Å². The molecule has 0 radical (unpaired) electrons. The lowest BCUT2D eigenvalue weighted by Crippen LogP contribution is -2.45. The van der Waals surface area contributed by atoms with Gasteiger partial charge in [-0.2, -0.15) is 0 Å². The molecular weight excluding hydrogens is 330 g/mol. The molecule has 2 amide bonds. The lowest BCUT2D eigenvalue weighted by atomic mass is 10.0. The normalized spacial score (nSPS) is 22.5. The Morgan fingerprint density at radius 3 is 2.71 bits per heavy atom. The zero-order valence-electron chi connectivity index (χ0n) is 14.3. The molecule has 1 aromatic rings. The van der Waals surface area contributed by atoms with E-state index in [1.54, 1.807) is 12.3 Å². The lowest BCUT2D eigenvalue weighted by Gasteiger charge is -2.18. The number of rotatable bonds is 6. The maximum Gasteiger partial charge on any atom is 0.320 e. The van der Waals surface area contributed by atoms with Crippen LogP contribution in [0.5, 0.6) is 0 Å². The van der Waals surface area contributed by atoms with Gasteiger partial charge < -0.3 is 10.1 Å². The molecule has 2 atom stereocenters. The molecule has 1 saturated heterocycles. The Morgan fingerprint density at radius 2 is 2.12 bits per heavy atom. The predicted molar refractivity (Wildman–Crippen MR) is 92.8 cm³/mol. The number of carbonyl (C=O) groups excluding carboxylic acids is 1. The number of aryl methyl sites for hydroxylation is 1. The smallest absolute Gasteiger partial charge is 0.320 e. The third-order valence-corrected chi connectivity index (χ3v) is 5.70. The number of nitrogens with one attached hydrogen (secondary N) is 2. The number of sulfone groups is 1. The average molecular weight is 355 g/mol. The van der Waals surface area contributed by atoms with E-state index in [0.717, 1.165) is 18.4 Å². The van der Waals surface area contributed by atoms with Gasteiger partial charge in [0.25, 0.3) is 0 Å². The van der Waals surface area contributed by atoms with Gasteiger partial charge in [-0.05, 0) is 30.4 Å². The van der Waals surface area contributed by atoms with Gasteiger partial charge in [0.2, 0.25) is 0 Å². The van der Waals surface area contributed by atoms with Gasteiger partial charge in [0.1, 0.15) is 5.82 Å². The van der Waals surface area contributed by atoms with Crippen molar-refractivity contribution in [2.45, 2.75) is 38.8 Å². The topological polar surface area (TPSA) is 97.4 Å². The third-order valence-electron chi connectivity index (χ3n) is 4.00. The minimum atomic E-state index is -3.18. The molecular formula is C16H25N3O4S. The lowest BCUT2D eigenvalue weighted by molar-refractivity contribution is 0.102. The number of methoxy groups -OCH3 is 1. The minimum Gasteiger partial charge on any atom is -0.378 e. The van der Waals surface area contributed by atoms with E-state index in [2.05, 4.69) is 29.5 Å². The molecule has 2 rings (SSSR count). The molecule has 0 aromatic carbocycles. The number of aromatic nitrogens is 1. The first-order valence-corrected chi connectivity index (χ1v) is 9.87. The van der Waals surface area contributed by atoms with Crippen molar-refractivity contribution in [2.24, 2.45) is 5.92 Å². The molecule has 1 aromatic heterocycles. The highest BCUT2D eigenvalue weighted by atomic mass is 32.2. The maximum atomic E-state index is 12.0. The third kappa shape index (κ3) is 5.45. The number of nitrogens with zero attached hydrogens (tertiary/aromatic N) is 1. The summed E-state index contributed by atoms with van der Waals surface area (Å²) in [7, 11) is -1.74. The van der Waals surface area contributed by atoms with E-state index >= 15 is 0 Å². The van der Waals surface area contributed by atoms with Crippen LogP contribution in [0.4, 0.5) is 10.6 Å². The van der Waals surface area contributed by atoms with Crippen molar-refractivity contribution in [1.29, 1.82) is 0 Å². The van der Waals surface area contributed by atoms with Crippen molar-refractivity contribution in [3.63, 3.8) is 0 Å². The summed E-state index contributed by atoms with van der Waals surface area (Å²) in [6, 6.07) is 2.64. The van der Waals surface area contributed by atoms with Crippen molar-refractivity contribution in [3.8, 4) is 0 Å². The van der Waals surface area contributed by atoms with Crippen molar-refractivity contribution in [2.75, 3.05) is 23.9 Å². The molecule has 1 aliphatic rings. The molecule has 2 heterocycles. The summed E-state index contributed by atoms with van der Waals surface area (Å²) in [5.41, 5.74) is 1.12. The second kappa shape index (κ2) is 7.94. The van der Waals surface area contributed by atoms with Gasteiger partial charge in [-0.1, -0.05) is 19.9 Å². The fourth-order valence-corrected chi connectivity index (χ4v) is 4.45. The molecule has 0 bridgehead atoms. The molecule has 1 fully saturated rings. The first-order chi connectivity index (χ1) is 11.3. The van der Waals surface area contributed by atoms with Crippen molar-refractivity contribution < 1.29 is 17.9 Å². The first-order valence-electron chi connectivity index (χ1n) is 8.04. The number of hydrogen-bond acceptors (Lipinski definition) is 5. The van der Waals surface area contributed by atoms with Gasteiger partial charge in [-0.3, -0.25) is 5.32 Å². The monoisotopic (exact) mass is 355 g/mol. The Balaban J connectivity index is 1.88. The van der Waals surface area contributed by atoms with E-state index in [0.29, 0.717) is 11.7 Å². The summed E-state index contributed by atoms with van der Waals surface area (Å²) in [5, 5.41) is 5.27. The molecule has 2 N–H and O–H groups in total. The summed E-state index contributed by atoms with van der Waals surface area (Å²) in [5.74, 6) is 0.873. The fraction of sp³-hybridized carbons (Fsp3) is 0.625. The summed E-state index contributed by atoms with van der Waals surface area (Å²) in [6.45, 7) is 4.34. The molecule has 24 heavy (non-hydrogen) atoms. The van der Waals surface area contributed by atoms with Crippen LogP contribution in [-0.4, -0.2) is 50.2 Å². The zero-order chi connectivity index (χ0) is 17.7. The van der Waals surface area contributed by atoms with E-state index in [1.165, 1.54) is 7.11 Å². The van der Waals surface area contributed by atoms with Crippen LogP contribution in [0.2, 0.25) is 0 Å². The average Bonchev–Trinajstić information content (AvgIpc) is 2.80. The number of ether oxygens (including phenoxy) is 1. The van der Waals surface area contributed by atoms with E-state index in [9.17, 15) is 13.2 Å². The number of hydrogen-bond donors (Lipinski definition) is 2. The molecule has 0 saturated carbocycles. The highest BCUT2D eigenvalue weighted by Gasteiger charge is 2.38. The summed E-state index contributed by atoms with van der Waals surface area (Å²) in [4.78, 5) is 16.2. The Morgan fingerprint density at radius 1 is 1.38 bits per heavy atom. The minimum absolute atomic E-state index is 0.0722. The van der Waals surface area contributed by atoms with E-state index < -0.39 is 28.0 Å². The van der Waals surface area contributed by atoms with Gasteiger partial charge >= 0.3 is 6.03 Å². The number of anilines is 1. The van der Waals surface area contributed by atoms with Gasteiger partial charge in [0.05, 0.1) is 23.7 Å². The predicted octanol–water partition coefficient (Wildman–Crippen LogP) is 1.60.